The summed E-state index contributed by atoms with van der Waals surface area (Å²) < 4.78 is 1.76. The van der Waals surface area contributed by atoms with Crippen LogP contribution in [0.15, 0.2) is 48.7 Å². The number of carboxylic acids is 1. The molecule has 8 nitrogen and oxygen atoms in total. The van der Waals surface area contributed by atoms with E-state index in [0.717, 1.165) is 10.9 Å². The molecule has 1 saturated heterocycles. The second kappa shape index (κ2) is 8.22. The average Bonchev–Trinajstić information content (AvgIpc) is 3.18. The van der Waals surface area contributed by atoms with Gasteiger partial charge in [0.2, 0.25) is 0 Å². The Balaban J connectivity index is 1.39. The number of urea groups is 1. The zero-order chi connectivity index (χ0) is 22.1. The highest BCUT2D eigenvalue weighted by Crippen LogP contribution is 2.25. The number of aryl methyl sites for hydroxylation is 1. The van der Waals surface area contributed by atoms with Gasteiger partial charge < -0.3 is 10.0 Å². The summed E-state index contributed by atoms with van der Waals surface area (Å²) >= 11 is 0. The zero-order valence-corrected chi connectivity index (χ0v) is 17.5. The number of carbonyl (C=O) groups excluding carboxylic acids is 2. The van der Waals surface area contributed by atoms with Gasteiger partial charge >= 0.3 is 12.0 Å². The normalized spacial score (nSPS) is 14.6. The summed E-state index contributed by atoms with van der Waals surface area (Å²) in [4.78, 5) is 40.1. The number of aromatic nitrogens is 2. The summed E-state index contributed by atoms with van der Waals surface area (Å²) in [7, 11) is 3.52. The molecule has 0 saturated carbocycles. The van der Waals surface area contributed by atoms with Crippen molar-refractivity contribution in [2.75, 3.05) is 25.0 Å². The van der Waals surface area contributed by atoms with Gasteiger partial charge in [0.25, 0.3) is 0 Å². The Hall–Kier alpha value is -3.68. The number of piperidine rings is 1. The topological polar surface area (TPSA) is 95.7 Å². The van der Waals surface area contributed by atoms with E-state index in [2.05, 4.69) is 5.10 Å². The van der Waals surface area contributed by atoms with Gasteiger partial charge in [0.05, 0.1) is 17.3 Å². The molecule has 0 atom stereocenters. The van der Waals surface area contributed by atoms with Crippen LogP contribution >= 0.6 is 0 Å². The van der Waals surface area contributed by atoms with Gasteiger partial charge in [-0.1, -0.05) is 12.1 Å². The summed E-state index contributed by atoms with van der Waals surface area (Å²) in [6.45, 7) is 1.00. The lowest BCUT2D eigenvalue weighted by molar-refractivity contribution is 0.0696. The Kier molecular flexibility index (Phi) is 5.46. The monoisotopic (exact) mass is 420 g/mol. The third-order valence-electron chi connectivity index (χ3n) is 5.96. The van der Waals surface area contributed by atoms with Gasteiger partial charge in [-0.25, -0.2) is 9.59 Å². The number of hydrogen-bond acceptors (Lipinski definition) is 4. The van der Waals surface area contributed by atoms with Crippen molar-refractivity contribution in [3.05, 3.63) is 59.8 Å². The van der Waals surface area contributed by atoms with Gasteiger partial charge in [-0.05, 0) is 43.2 Å². The molecule has 1 fully saturated rings. The molecule has 1 aliphatic rings. The fourth-order valence-corrected chi connectivity index (χ4v) is 4.02. The number of amides is 2. The number of anilines is 1. The first-order valence-corrected chi connectivity index (χ1v) is 10.2. The highest BCUT2D eigenvalue weighted by molar-refractivity contribution is 6.01. The molecule has 0 aliphatic carbocycles. The first-order chi connectivity index (χ1) is 14.8. The maximum atomic E-state index is 13.0. The predicted molar refractivity (Wildman–Crippen MR) is 117 cm³/mol. The number of fused-ring (bicyclic) bond motifs is 1. The van der Waals surface area contributed by atoms with E-state index in [9.17, 15) is 14.4 Å². The van der Waals surface area contributed by atoms with Gasteiger partial charge in [0.15, 0.2) is 5.78 Å². The van der Waals surface area contributed by atoms with E-state index in [4.69, 9.17) is 5.11 Å². The number of rotatable bonds is 4. The number of carbonyl (C=O) groups is 3. The molecule has 2 heterocycles. The van der Waals surface area contributed by atoms with E-state index in [-0.39, 0.29) is 23.3 Å². The molecule has 2 aromatic carbocycles. The molecule has 0 unspecified atom stereocenters. The van der Waals surface area contributed by atoms with Gasteiger partial charge in [-0.15, -0.1) is 0 Å². The minimum absolute atomic E-state index is 0.104. The van der Waals surface area contributed by atoms with E-state index in [1.807, 2.05) is 25.2 Å². The van der Waals surface area contributed by atoms with E-state index in [0.29, 0.717) is 37.2 Å². The largest absolute Gasteiger partial charge is 0.478 e. The van der Waals surface area contributed by atoms with Crippen LogP contribution < -0.4 is 4.90 Å². The van der Waals surface area contributed by atoms with Crippen molar-refractivity contribution in [1.29, 1.82) is 0 Å². The van der Waals surface area contributed by atoms with Crippen LogP contribution in [-0.4, -0.2) is 57.7 Å². The van der Waals surface area contributed by atoms with Crippen molar-refractivity contribution in [1.82, 2.24) is 14.7 Å². The number of benzene rings is 2. The molecule has 160 valence electrons. The molecule has 2 amide bonds. The summed E-state index contributed by atoms with van der Waals surface area (Å²) in [6, 6.07) is 11.7. The molecule has 31 heavy (non-hydrogen) atoms. The molecule has 4 rings (SSSR count). The summed E-state index contributed by atoms with van der Waals surface area (Å²) in [6.07, 6.45) is 3.00. The quantitative estimate of drug-likeness (QED) is 0.653. The van der Waals surface area contributed by atoms with Crippen molar-refractivity contribution in [3.63, 3.8) is 0 Å². The fourth-order valence-electron chi connectivity index (χ4n) is 4.02. The third-order valence-corrected chi connectivity index (χ3v) is 5.96. The van der Waals surface area contributed by atoms with Crippen LogP contribution in [0.3, 0.4) is 0 Å². The fraction of sp³-hybridized carbons (Fsp3) is 0.304. The molecule has 3 aromatic rings. The van der Waals surface area contributed by atoms with E-state index in [1.165, 1.54) is 17.0 Å². The highest BCUT2D eigenvalue weighted by atomic mass is 16.4. The van der Waals surface area contributed by atoms with Crippen LogP contribution in [-0.2, 0) is 7.05 Å². The molecule has 0 bridgehead atoms. The van der Waals surface area contributed by atoms with Crippen LogP contribution in [0.25, 0.3) is 10.9 Å². The molecule has 8 heteroatoms. The molecule has 1 aromatic heterocycles. The van der Waals surface area contributed by atoms with E-state index >= 15 is 0 Å². The number of aromatic carboxylic acids is 1. The Morgan fingerprint density at radius 2 is 1.68 bits per heavy atom. The van der Waals surface area contributed by atoms with Crippen molar-refractivity contribution in [3.8, 4) is 0 Å². The van der Waals surface area contributed by atoms with Crippen LogP contribution in [0.5, 0.6) is 0 Å². The summed E-state index contributed by atoms with van der Waals surface area (Å²) in [5, 5.41) is 14.2. The average molecular weight is 420 g/mol. The molecule has 0 spiro atoms. The number of hydrogen-bond donors (Lipinski definition) is 1. The van der Waals surface area contributed by atoms with Crippen molar-refractivity contribution < 1.29 is 19.5 Å². The Morgan fingerprint density at radius 3 is 2.32 bits per heavy atom. The van der Waals surface area contributed by atoms with Crippen LogP contribution in [0.4, 0.5) is 10.5 Å². The molecule has 1 aliphatic heterocycles. The number of carboxylic acid groups (broad SMARTS) is 1. The smallest absolute Gasteiger partial charge is 0.335 e. The van der Waals surface area contributed by atoms with E-state index in [1.54, 1.807) is 35.0 Å². The SMILES string of the molecule is CN(C(=O)N1CCC(C(=O)c2ccc3cnn(C)c3c2)CC1)c1ccc(C(=O)O)cc1. The maximum absolute atomic E-state index is 13.0. The first-order valence-electron chi connectivity index (χ1n) is 10.2. The lowest BCUT2D eigenvalue weighted by atomic mass is 9.88. The Labute approximate surface area is 179 Å². The number of nitrogens with zero attached hydrogens (tertiary/aromatic N) is 4. The van der Waals surface area contributed by atoms with Crippen LogP contribution in [0, 0.1) is 5.92 Å². The van der Waals surface area contributed by atoms with Crippen molar-refractivity contribution in [2.45, 2.75) is 12.8 Å². The lowest BCUT2D eigenvalue weighted by Gasteiger charge is -2.34. The number of likely N-dealkylation sites (tertiary alicyclic amines) is 1. The predicted octanol–water partition coefficient (Wildman–Crippen LogP) is 3.42. The standard InChI is InChI=1S/C23H24N4O4/c1-25(19-7-5-16(6-8-19)22(29)30)23(31)27-11-9-15(10-12-27)21(28)17-3-4-18-14-24-26(2)20(18)13-17/h3-8,13-15H,9-12H2,1-2H3,(H,29,30). The first kappa shape index (κ1) is 20.6. The number of Topliss-reactive ketones (excluding diaryl/α,β-unsaturated/α-hetero) is 1. The second-order valence-electron chi connectivity index (χ2n) is 7.86. The van der Waals surface area contributed by atoms with Crippen molar-refractivity contribution >= 4 is 34.4 Å². The molecular formula is C23H24N4O4. The molecule has 1 N–H and O–H groups in total. The Morgan fingerprint density at radius 1 is 1.03 bits per heavy atom. The third kappa shape index (κ3) is 4.01. The molecule has 0 radical (unpaired) electrons. The molecular weight excluding hydrogens is 396 g/mol. The zero-order valence-electron chi connectivity index (χ0n) is 17.5. The minimum Gasteiger partial charge on any atom is -0.478 e. The second-order valence-corrected chi connectivity index (χ2v) is 7.86. The Bertz CT molecular complexity index is 1140. The van der Waals surface area contributed by atoms with Crippen molar-refractivity contribution in [2.24, 2.45) is 13.0 Å². The van der Waals surface area contributed by atoms with Gasteiger partial charge in [-0.2, -0.15) is 5.10 Å². The highest BCUT2D eigenvalue weighted by Gasteiger charge is 2.29. The number of ketones is 1. The van der Waals surface area contributed by atoms with Crippen LogP contribution in [0.1, 0.15) is 33.6 Å². The van der Waals surface area contributed by atoms with Crippen LogP contribution in [0.2, 0.25) is 0 Å². The van der Waals surface area contributed by atoms with Gasteiger partial charge in [-0.3, -0.25) is 14.4 Å². The van der Waals surface area contributed by atoms with Gasteiger partial charge in [0.1, 0.15) is 0 Å². The minimum atomic E-state index is -1.00. The summed E-state index contributed by atoms with van der Waals surface area (Å²) in [5.74, 6) is -1.02. The lowest BCUT2D eigenvalue weighted by Crippen LogP contribution is -2.46. The van der Waals surface area contributed by atoms with E-state index < -0.39 is 5.97 Å². The summed E-state index contributed by atoms with van der Waals surface area (Å²) in [5.41, 5.74) is 2.40. The maximum Gasteiger partial charge on any atom is 0.335 e. The van der Waals surface area contributed by atoms with Gasteiger partial charge in [0, 0.05) is 49.7 Å².